The molecule has 1 amide bonds. The minimum Gasteiger partial charge on any atom is -0.508 e. The largest absolute Gasteiger partial charge is 0.508 e. The lowest BCUT2D eigenvalue weighted by Crippen LogP contribution is -2.37. The van der Waals surface area contributed by atoms with Gasteiger partial charge in [0.25, 0.3) is 11.6 Å². The second kappa shape index (κ2) is 7.88. The van der Waals surface area contributed by atoms with Crippen LogP contribution in [0.2, 0.25) is 0 Å². The number of nitrogens with one attached hydrogen (secondary N) is 2. The van der Waals surface area contributed by atoms with Crippen LogP contribution in [0.4, 0.5) is 11.4 Å². The summed E-state index contributed by atoms with van der Waals surface area (Å²) in [5.74, 6) is -0.0372. The van der Waals surface area contributed by atoms with Crippen molar-refractivity contribution in [3.8, 4) is 11.5 Å². The highest BCUT2D eigenvalue weighted by Crippen LogP contribution is 2.17. The fraction of sp³-hybridized carbons (Fsp3) is 0.0667. The van der Waals surface area contributed by atoms with Gasteiger partial charge in [0.15, 0.2) is 11.7 Å². The lowest BCUT2D eigenvalue weighted by Gasteiger charge is -2.10. The van der Waals surface area contributed by atoms with E-state index >= 15 is 0 Å². The zero-order valence-electron chi connectivity index (χ0n) is 12.3. The summed E-state index contributed by atoms with van der Waals surface area (Å²) in [6.45, 7) is -0.296. The Morgan fingerprint density at radius 1 is 1.17 bits per heavy atom. The van der Waals surface area contributed by atoms with Crippen molar-refractivity contribution < 1.29 is 19.6 Å². The lowest BCUT2D eigenvalue weighted by atomic mass is 10.3. The second-order valence-corrected chi connectivity index (χ2v) is 5.00. The van der Waals surface area contributed by atoms with Crippen LogP contribution in [0.3, 0.4) is 0 Å². The monoisotopic (exact) mass is 347 g/mol. The molecule has 0 fully saturated rings. The SMILES string of the molecule is O=C(COc1ccc([N+](=O)[O-])cc1)NC(=S)Nc1ccc(O)cc1. The molecule has 124 valence electrons. The molecule has 2 aromatic rings. The van der Waals surface area contributed by atoms with E-state index in [4.69, 9.17) is 17.0 Å². The summed E-state index contributed by atoms with van der Waals surface area (Å²) in [6.07, 6.45) is 0. The first-order valence-corrected chi connectivity index (χ1v) is 7.12. The fourth-order valence-electron chi connectivity index (χ4n) is 1.68. The number of amides is 1. The van der Waals surface area contributed by atoms with Gasteiger partial charge in [-0.3, -0.25) is 20.2 Å². The highest BCUT2D eigenvalue weighted by molar-refractivity contribution is 7.80. The van der Waals surface area contributed by atoms with E-state index < -0.39 is 10.8 Å². The van der Waals surface area contributed by atoms with Crippen LogP contribution in [0.15, 0.2) is 48.5 Å². The number of nitrogens with zero attached hydrogens (tertiary/aromatic N) is 1. The number of rotatable bonds is 5. The van der Waals surface area contributed by atoms with Crippen LogP contribution < -0.4 is 15.4 Å². The summed E-state index contributed by atoms with van der Waals surface area (Å²) in [6, 6.07) is 11.5. The summed E-state index contributed by atoms with van der Waals surface area (Å²) in [5.41, 5.74) is 0.542. The Hall–Kier alpha value is -3.20. The number of thiocarbonyl (C=S) groups is 1. The Morgan fingerprint density at radius 3 is 2.38 bits per heavy atom. The van der Waals surface area contributed by atoms with E-state index in [1.54, 1.807) is 12.1 Å². The van der Waals surface area contributed by atoms with E-state index in [1.165, 1.54) is 36.4 Å². The van der Waals surface area contributed by atoms with Gasteiger partial charge in [0.2, 0.25) is 0 Å². The van der Waals surface area contributed by atoms with Gasteiger partial charge in [-0.2, -0.15) is 0 Å². The normalized spacial score (nSPS) is 9.83. The molecule has 0 atom stereocenters. The summed E-state index contributed by atoms with van der Waals surface area (Å²) in [7, 11) is 0. The quantitative estimate of drug-likeness (QED) is 0.329. The van der Waals surface area contributed by atoms with Crippen LogP contribution in [0.25, 0.3) is 0 Å². The first-order chi connectivity index (χ1) is 11.4. The summed E-state index contributed by atoms with van der Waals surface area (Å²) in [5, 5.41) is 25.0. The number of carbonyl (C=O) groups is 1. The molecule has 24 heavy (non-hydrogen) atoms. The molecule has 0 saturated heterocycles. The van der Waals surface area contributed by atoms with Crippen LogP contribution in [0, 0.1) is 10.1 Å². The van der Waals surface area contributed by atoms with Crippen LogP contribution in [0.5, 0.6) is 11.5 Å². The maximum absolute atomic E-state index is 11.7. The molecule has 0 bridgehead atoms. The third-order valence-corrected chi connectivity index (χ3v) is 3.00. The number of benzene rings is 2. The lowest BCUT2D eigenvalue weighted by molar-refractivity contribution is -0.384. The molecule has 2 aromatic carbocycles. The van der Waals surface area contributed by atoms with Crippen molar-refractivity contribution in [1.82, 2.24) is 5.32 Å². The van der Waals surface area contributed by atoms with Crippen LogP contribution in [0.1, 0.15) is 0 Å². The average molecular weight is 347 g/mol. The van der Waals surface area contributed by atoms with E-state index in [0.717, 1.165) is 0 Å². The molecule has 0 aliphatic carbocycles. The predicted octanol–water partition coefficient (Wildman–Crippen LogP) is 2.19. The van der Waals surface area contributed by atoms with Crippen LogP contribution >= 0.6 is 12.2 Å². The Labute approximate surface area is 142 Å². The molecule has 0 aliphatic heterocycles. The van der Waals surface area contributed by atoms with Crippen molar-refractivity contribution in [2.45, 2.75) is 0 Å². The number of non-ortho nitro benzene ring substituents is 1. The predicted molar refractivity (Wildman–Crippen MR) is 91.1 cm³/mol. The molecule has 0 radical (unpaired) electrons. The van der Waals surface area contributed by atoms with Gasteiger partial charge in [-0.05, 0) is 48.6 Å². The molecule has 0 aromatic heterocycles. The Bertz CT molecular complexity index is 747. The molecule has 0 heterocycles. The maximum Gasteiger partial charge on any atom is 0.269 e. The van der Waals surface area contributed by atoms with Crippen molar-refractivity contribution in [2.24, 2.45) is 0 Å². The van der Waals surface area contributed by atoms with Gasteiger partial charge in [-0.1, -0.05) is 0 Å². The third-order valence-electron chi connectivity index (χ3n) is 2.80. The molecule has 0 unspecified atom stereocenters. The van der Waals surface area contributed by atoms with Gasteiger partial charge in [0.1, 0.15) is 11.5 Å². The minimum atomic E-state index is -0.524. The molecule has 0 aliphatic rings. The molecule has 8 nitrogen and oxygen atoms in total. The van der Waals surface area contributed by atoms with E-state index in [1.807, 2.05) is 0 Å². The number of phenolic OH excluding ortho intramolecular Hbond substituents is 1. The Balaban J connectivity index is 1.79. The number of hydrogen-bond acceptors (Lipinski definition) is 6. The van der Waals surface area contributed by atoms with Gasteiger partial charge in [0.05, 0.1) is 4.92 Å². The van der Waals surface area contributed by atoms with E-state index in [0.29, 0.717) is 11.4 Å². The summed E-state index contributed by atoms with van der Waals surface area (Å²) >= 11 is 4.99. The van der Waals surface area contributed by atoms with Crippen molar-refractivity contribution in [3.05, 3.63) is 58.6 Å². The van der Waals surface area contributed by atoms with Gasteiger partial charge in [-0.25, -0.2) is 0 Å². The highest BCUT2D eigenvalue weighted by atomic mass is 32.1. The number of ether oxygens (including phenoxy) is 1. The number of hydrogen-bond donors (Lipinski definition) is 3. The fourth-order valence-corrected chi connectivity index (χ4v) is 1.91. The van der Waals surface area contributed by atoms with E-state index in [-0.39, 0.29) is 23.2 Å². The molecular weight excluding hydrogens is 334 g/mol. The van der Waals surface area contributed by atoms with Crippen molar-refractivity contribution in [2.75, 3.05) is 11.9 Å². The molecule has 3 N–H and O–H groups in total. The van der Waals surface area contributed by atoms with Crippen LogP contribution in [-0.2, 0) is 4.79 Å². The van der Waals surface area contributed by atoms with Crippen molar-refractivity contribution in [3.63, 3.8) is 0 Å². The second-order valence-electron chi connectivity index (χ2n) is 4.59. The molecule has 0 spiro atoms. The number of aromatic hydroxyl groups is 1. The Kier molecular flexibility index (Phi) is 5.63. The average Bonchev–Trinajstić information content (AvgIpc) is 2.55. The zero-order valence-corrected chi connectivity index (χ0v) is 13.1. The number of phenols is 1. The summed E-state index contributed by atoms with van der Waals surface area (Å²) in [4.78, 5) is 21.7. The molecule has 2 rings (SSSR count). The van der Waals surface area contributed by atoms with E-state index in [9.17, 15) is 20.0 Å². The molecular formula is C15H13N3O5S. The molecule has 9 heteroatoms. The van der Waals surface area contributed by atoms with Crippen molar-refractivity contribution >= 4 is 34.6 Å². The Morgan fingerprint density at radius 2 is 1.79 bits per heavy atom. The smallest absolute Gasteiger partial charge is 0.269 e. The summed E-state index contributed by atoms with van der Waals surface area (Å²) < 4.78 is 5.21. The zero-order chi connectivity index (χ0) is 17.5. The topological polar surface area (TPSA) is 114 Å². The van der Waals surface area contributed by atoms with Gasteiger partial charge in [-0.15, -0.1) is 0 Å². The van der Waals surface area contributed by atoms with E-state index in [2.05, 4.69) is 10.6 Å². The standard InChI is InChI=1S/C15H13N3O5S/c19-12-5-1-10(2-6-12)16-15(24)17-14(20)9-23-13-7-3-11(4-8-13)18(21)22/h1-8,19H,9H2,(H2,16,17,20,24). The first kappa shape index (κ1) is 17.2. The van der Waals surface area contributed by atoms with Crippen molar-refractivity contribution in [1.29, 1.82) is 0 Å². The van der Waals surface area contributed by atoms with Gasteiger partial charge < -0.3 is 15.2 Å². The van der Waals surface area contributed by atoms with Gasteiger partial charge in [0, 0.05) is 17.8 Å². The number of nitro benzene ring substituents is 1. The van der Waals surface area contributed by atoms with Crippen LogP contribution in [-0.4, -0.2) is 27.7 Å². The minimum absolute atomic E-state index is 0.0638. The highest BCUT2D eigenvalue weighted by Gasteiger charge is 2.08. The van der Waals surface area contributed by atoms with Gasteiger partial charge >= 0.3 is 0 Å². The number of nitro groups is 1. The number of carbonyl (C=O) groups excluding carboxylic acids is 1. The maximum atomic E-state index is 11.7. The number of anilines is 1. The third kappa shape index (κ3) is 5.21. The first-order valence-electron chi connectivity index (χ1n) is 6.71. The molecule has 0 saturated carbocycles.